The molecule has 0 radical (unpaired) electrons. The zero-order chi connectivity index (χ0) is 17.7. The molecule has 1 fully saturated rings. The number of hydrogen-bond acceptors (Lipinski definition) is 5. The van der Waals surface area contributed by atoms with Crippen molar-refractivity contribution in [2.45, 2.75) is 12.8 Å². The first-order chi connectivity index (χ1) is 11.4. The fourth-order valence-electron chi connectivity index (χ4n) is 2.47. The van der Waals surface area contributed by atoms with Crippen molar-refractivity contribution in [2.24, 2.45) is 0 Å². The molecule has 1 aromatic carbocycles. The fraction of sp³-hybridized carbons (Fsp3) is 0.400. The van der Waals surface area contributed by atoms with E-state index in [9.17, 15) is 24.5 Å². The number of carbonyl (C=O) groups is 3. The lowest BCUT2D eigenvalue weighted by atomic mass is 10.1. The van der Waals surface area contributed by atoms with Crippen molar-refractivity contribution in [1.29, 1.82) is 0 Å². The Hall–Kier alpha value is -2.97. The van der Waals surface area contributed by atoms with Crippen LogP contribution in [0.1, 0.15) is 23.2 Å². The number of rotatable bonds is 5. The van der Waals surface area contributed by atoms with Gasteiger partial charge in [0, 0.05) is 50.3 Å². The molecule has 128 valence electrons. The van der Waals surface area contributed by atoms with Crippen LogP contribution in [-0.2, 0) is 9.59 Å². The highest BCUT2D eigenvalue weighted by Crippen LogP contribution is 2.16. The fourth-order valence-corrected chi connectivity index (χ4v) is 2.47. The third-order valence-electron chi connectivity index (χ3n) is 3.78. The molecule has 9 nitrogen and oxygen atoms in total. The van der Waals surface area contributed by atoms with Crippen molar-refractivity contribution in [3.63, 3.8) is 0 Å². The van der Waals surface area contributed by atoms with E-state index in [2.05, 4.69) is 0 Å². The molecule has 1 aliphatic heterocycles. The van der Waals surface area contributed by atoms with Gasteiger partial charge in [-0.05, 0) is 6.07 Å². The molecule has 1 aliphatic rings. The Kier molecular flexibility index (Phi) is 5.46. The van der Waals surface area contributed by atoms with Crippen molar-refractivity contribution in [3.05, 3.63) is 39.9 Å². The minimum atomic E-state index is -1.03. The molecule has 1 N–H and O–H groups in total. The lowest BCUT2D eigenvalue weighted by Gasteiger charge is -2.34. The second kappa shape index (κ2) is 7.53. The summed E-state index contributed by atoms with van der Waals surface area (Å²) in [4.78, 5) is 48.0. The number of nitro benzene ring substituents is 1. The van der Waals surface area contributed by atoms with Gasteiger partial charge in [-0.25, -0.2) is 0 Å². The Morgan fingerprint density at radius 2 is 1.71 bits per heavy atom. The van der Waals surface area contributed by atoms with Crippen molar-refractivity contribution < 1.29 is 24.4 Å². The van der Waals surface area contributed by atoms with Gasteiger partial charge >= 0.3 is 5.97 Å². The van der Waals surface area contributed by atoms with Crippen LogP contribution in [-0.4, -0.2) is 63.8 Å². The summed E-state index contributed by atoms with van der Waals surface area (Å²) < 4.78 is 0. The van der Waals surface area contributed by atoms with E-state index >= 15 is 0 Å². The highest BCUT2D eigenvalue weighted by Gasteiger charge is 2.25. The van der Waals surface area contributed by atoms with E-state index < -0.39 is 10.9 Å². The van der Waals surface area contributed by atoms with Crippen LogP contribution < -0.4 is 0 Å². The molecule has 0 aliphatic carbocycles. The number of aliphatic carboxylic acids is 1. The van der Waals surface area contributed by atoms with Crippen LogP contribution >= 0.6 is 0 Å². The van der Waals surface area contributed by atoms with E-state index in [0.29, 0.717) is 26.2 Å². The summed E-state index contributed by atoms with van der Waals surface area (Å²) in [5, 5.41) is 19.4. The van der Waals surface area contributed by atoms with Gasteiger partial charge in [0.2, 0.25) is 5.91 Å². The summed E-state index contributed by atoms with van der Waals surface area (Å²) in [6.07, 6.45) is -0.278. The maximum Gasteiger partial charge on any atom is 0.303 e. The molecule has 1 aromatic rings. The third kappa shape index (κ3) is 4.28. The summed E-state index contributed by atoms with van der Waals surface area (Å²) in [6, 6.07) is 5.51. The van der Waals surface area contributed by atoms with Gasteiger partial charge in [-0.1, -0.05) is 6.07 Å². The molecule has 0 unspecified atom stereocenters. The molecular formula is C15H17N3O6. The van der Waals surface area contributed by atoms with E-state index in [1.165, 1.54) is 34.1 Å². The van der Waals surface area contributed by atoms with E-state index in [-0.39, 0.29) is 35.9 Å². The van der Waals surface area contributed by atoms with Crippen molar-refractivity contribution >= 4 is 23.5 Å². The topological polar surface area (TPSA) is 121 Å². The molecule has 2 rings (SSSR count). The molecule has 2 amide bonds. The van der Waals surface area contributed by atoms with Crippen LogP contribution in [0.25, 0.3) is 0 Å². The Morgan fingerprint density at radius 1 is 1.08 bits per heavy atom. The highest BCUT2D eigenvalue weighted by molar-refractivity contribution is 5.95. The van der Waals surface area contributed by atoms with E-state index in [0.717, 1.165) is 0 Å². The van der Waals surface area contributed by atoms with Gasteiger partial charge in [0.1, 0.15) is 0 Å². The van der Waals surface area contributed by atoms with Gasteiger partial charge in [0.05, 0.1) is 11.3 Å². The maximum atomic E-state index is 12.4. The molecule has 24 heavy (non-hydrogen) atoms. The van der Waals surface area contributed by atoms with Gasteiger partial charge in [0.15, 0.2) is 0 Å². The SMILES string of the molecule is O=C(O)CCC(=O)N1CCN(C(=O)c2cccc([N+](=O)[O-])c2)CC1. The average molecular weight is 335 g/mol. The first-order valence-electron chi connectivity index (χ1n) is 7.42. The van der Waals surface area contributed by atoms with Crippen LogP contribution in [0, 0.1) is 10.1 Å². The predicted molar refractivity (Wildman–Crippen MR) is 82.4 cm³/mol. The van der Waals surface area contributed by atoms with Gasteiger partial charge in [-0.15, -0.1) is 0 Å². The smallest absolute Gasteiger partial charge is 0.303 e. The Balaban J connectivity index is 1.93. The van der Waals surface area contributed by atoms with Crippen molar-refractivity contribution in [2.75, 3.05) is 26.2 Å². The minimum Gasteiger partial charge on any atom is -0.481 e. The van der Waals surface area contributed by atoms with Crippen LogP contribution in [0.15, 0.2) is 24.3 Å². The van der Waals surface area contributed by atoms with Crippen LogP contribution in [0.4, 0.5) is 5.69 Å². The lowest BCUT2D eigenvalue weighted by Crippen LogP contribution is -2.50. The standard InChI is InChI=1S/C15H17N3O6/c19-13(4-5-14(20)21)16-6-8-17(9-7-16)15(22)11-2-1-3-12(10-11)18(23)24/h1-3,10H,4-9H2,(H,20,21). The Bertz CT molecular complexity index is 667. The summed E-state index contributed by atoms with van der Waals surface area (Å²) in [5.41, 5.74) is 0.0817. The molecule has 0 atom stereocenters. The molecule has 9 heteroatoms. The van der Waals surface area contributed by atoms with Gasteiger partial charge in [-0.3, -0.25) is 24.5 Å². The average Bonchev–Trinajstić information content (AvgIpc) is 2.59. The molecule has 0 bridgehead atoms. The summed E-state index contributed by atoms with van der Waals surface area (Å²) in [6.45, 7) is 1.25. The molecule has 1 saturated heterocycles. The molecular weight excluding hydrogens is 318 g/mol. The summed E-state index contributed by atoms with van der Waals surface area (Å²) >= 11 is 0. The quantitative estimate of drug-likeness (QED) is 0.626. The Morgan fingerprint density at radius 3 is 2.29 bits per heavy atom. The van der Waals surface area contributed by atoms with Gasteiger partial charge < -0.3 is 14.9 Å². The number of nitrogens with zero attached hydrogens (tertiary/aromatic N) is 3. The largest absolute Gasteiger partial charge is 0.481 e. The van der Waals surface area contributed by atoms with E-state index in [1.54, 1.807) is 0 Å². The summed E-state index contributed by atoms with van der Waals surface area (Å²) in [5.74, 6) is -1.60. The number of non-ortho nitro benzene ring substituents is 1. The molecule has 0 saturated carbocycles. The zero-order valence-corrected chi connectivity index (χ0v) is 12.9. The first kappa shape index (κ1) is 17.4. The molecule has 0 aromatic heterocycles. The second-order valence-electron chi connectivity index (χ2n) is 5.37. The van der Waals surface area contributed by atoms with Crippen LogP contribution in [0.5, 0.6) is 0 Å². The minimum absolute atomic E-state index is 0.0613. The Labute approximate surface area is 137 Å². The number of carboxylic acids is 1. The number of carbonyl (C=O) groups excluding carboxylic acids is 2. The third-order valence-corrected chi connectivity index (χ3v) is 3.78. The number of benzene rings is 1. The lowest BCUT2D eigenvalue weighted by molar-refractivity contribution is -0.384. The van der Waals surface area contributed by atoms with E-state index in [4.69, 9.17) is 5.11 Å². The highest BCUT2D eigenvalue weighted by atomic mass is 16.6. The second-order valence-corrected chi connectivity index (χ2v) is 5.37. The number of amides is 2. The number of piperazine rings is 1. The van der Waals surface area contributed by atoms with Gasteiger partial charge in [0.25, 0.3) is 11.6 Å². The number of hydrogen-bond donors (Lipinski definition) is 1. The van der Waals surface area contributed by atoms with Crippen LogP contribution in [0.3, 0.4) is 0 Å². The molecule has 1 heterocycles. The number of nitro groups is 1. The predicted octanol–water partition coefficient (Wildman–Crippen LogP) is 0.744. The van der Waals surface area contributed by atoms with E-state index in [1.807, 2.05) is 0 Å². The molecule has 0 spiro atoms. The maximum absolute atomic E-state index is 12.4. The monoisotopic (exact) mass is 335 g/mol. The zero-order valence-electron chi connectivity index (χ0n) is 12.9. The summed E-state index contributed by atoms with van der Waals surface area (Å²) in [7, 11) is 0. The normalized spacial score (nSPS) is 14.3. The first-order valence-corrected chi connectivity index (χ1v) is 7.42. The van der Waals surface area contributed by atoms with Crippen LogP contribution in [0.2, 0.25) is 0 Å². The van der Waals surface area contributed by atoms with Crippen molar-refractivity contribution in [3.8, 4) is 0 Å². The number of carboxylic acid groups (broad SMARTS) is 1. The van der Waals surface area contributed by atoms with Crippen molar-refractivity contribution in [1.82, 2.24) is 9.80 Å². The van der Waals surface area contributed by atoms with Gasteiger partial charge in [-0.2, -0.15) is 0 Å².